The minimum absolute atomic E-state index is 1.25. The normalized spacial score (nSPS) is 7.50. The van der Waals surface area contributed by atoms with Crippen LogP contribution in [-0.2, 0) is 0 Å². The number of nitrogens with zero attached hydrogens (tertiary/aromatic N) is 4. The molecule has 4 heteroatoms. The van der Waals surface area contributed by atoms with E-state index in [0.29, 0.717) is 0 Å². The van der Waals surface area contributed by atoms with Gasteiger partial charge in [0.15, 0.2) is 0 Å². The number of hydrogen-bond donors (Lipinski definition) is 0. The Morgan fingerprint density at radius 3 is 1.75 bits per heavy atom. The summed E-state index contributed by atoms with van der Waals surface area (Å²) in [5, 5.41) is 0. The van der Waals surface area contributed by atoms with Crippen LogP contribution in [0.15, 0.2) is 30.3 Å². The predicted molar refractivity (Wildman–Crippen MR) is 50.8 cm³/mol. The fourth-order valence-electron chi connectivity index (χ4n) is 0.726. The molecule has 12 heavy (non-hydrogen) atoms. The van der Waals surface area contributed by atoms with Crippen molar-refractivity contribution in [2.24, 2.45) is 0 Å². The van der Waals surface area contributed by atoms with Gasteiger partial charge in [0.2, 0.25) is 0 Å². The monoisotopic (exact) mass is 163 g/mol. The van der Waals surface area contributed by atoms with Gasteiger partial charge in [-0.1, -0.05) is 18.2 Å². The van der Waals surface area contributed by atoms with E-state index in [2.05, 4.69) is 17.0 Å². The van der Waals surface area contributed by atoms with Crippen molar-refractivity contribution in [1.82, 2.24) is 0 Å². The summed E-state index contributed by atoms with van der Waals surface area (Å²) in [7, 11) is 4.07. The minimum atomic E-state index is 1.25. The van der Waals surface area contributed by atoms with E-state index in [9.17, 15) is 0 Å². The quantitative estimate of drug-likeness (QED) is 0.356. The van der Waals surface area contributed by atoms with E-state index in [1.807, 2.05) is 32.3 Å². The standard InChI is InChI=1S/C8H11N.N3/c1-9(2)8-6-4-3-5-7-8;1-3-2/h3-7H,1-2H3;/q;-1. The number of para-hydroxylation sites is 1. The van der Waals surface area contributed by atoms with Gasteiger partial charge in [0.05, 0.1) is 0 Å². The summed E-state index contributed by atoms with van der Waals surface area (Å²) in [6.07, 6.45) is 0. The molecule has 64 valence electrons. The molecule has 0 aliphatic carbocycles. The van der Waals surface area contributed by atoms with Crippen LogP contribution in [-0.4, -0.2) is 14.1 Å². The Morgan fingerprint density at radius 2 is 1.50 bits per heavy atom. The Kier molecular flexibility index (Phi) is 5.22. The van der Waals surface area contributed by atoms with Gasteiger partial charge in [-0.3, -0.25) is 4.91 Å². The van der Waals surface area contributed by atoms with Crippen LogP contribution in [0.25, 0.3) is 16.0 Å². The molecule has 0 saturated heterocycles. The average molecular weight is 163 g/mol. The van der Waals surface area contributed by atoms with Crippen molar-refractivity contribution in [2.75, 3.05) is 19.0 Å². The Bertz CT molecular complexity index is 236. The Hall–Kier alpha value is -1.67. The highest BCUT2D eigenvalue weighted by Gasteiger charge is 1.87. The summed E-state index contributed by atoms with van der Waals surface area (Å²) in [5.41, 5.74) is 14.7. The van der Waals surface area contributed by atoms with Gasteiger partial charge in [-0.25, -0.2) is 0 Å². The SMILES string of the molecule is CN(C)c1ccccc1.[N-]=[N+]=[N-]. The second-order valence-electron chi connectivity index (χ2n) is 2.32. The highest BCUT2D eigenvalue weighted by molar-refractivity contribution is 5.43. The third-order valence-electron chi connectivity index (χ3n) is 1.27. The molecule has 1 aromatic rings. The van der Waals surface area contributed by atoms with Gasteiger partial charge in [0.25, 0.3) is 0 Å². The van der Waals surface area contributed by atoms with Crippen molar-refractivity contribution >= 4 is 5.69 Å². The second kappa shape index (κ2) is 6.07. The highest BCUT2D eigenvalue weighted by Crippen LogP contribution is 2.07. The Morgan fingerprint density at radius 1 is 1.08 bits per heavy atom. The van der Waals surface area contributed by atoms with Gasteiger partial charge in [-0.2, -0.15) is 0 Å². The van der Waals surface area contributed by atoms with Crippen LogP contribution in [0.2, 0.25) is 0 Å². The number of anilines is 1. The van der Waals surface area contributed by atoms with Crippen molar-refractivity contribution in [3.63, 3.8) is 0 Å². The summed E-state index contributed by atoms with van der Waals surface area (Å²) in [6, 6.07) is 10.3. The van der Waals surface area contributed by atoms with E-state index in [4.69, 9.17) is 11.1 Å². The van der Waals surface area contributed by atoms with E-state index in [1.165, 1.54) is 10.6 Å². The van der Waals surface area contributed by atoms with Crippen LogP contribution < -0.4 is 4.90 Å². The lowest BCUT2D eigenvalue weighted by molar-refractivity contribution is 1.13. The Balaban J connectivity index is 0.000000354. The topological polar surface area (TPSA) is 61.9 Å². The highest BCUT2D eigenvalue weighted by atomic mass is 15.1. The first-order valence-electron chi connectivity index (χ1n) is 3.43. The van der Waals surface area contributed by atoms with E-state index in [0.717, 1.165) is 0 Å². The first-order chi connectivity index (χ1) is 5.72. The lowest BCUT2D eigenvalue weighted by atomic mass is 10.3. The zero-order chi connectivity index (χ0) is 9.40. The average Bonchev–Trinajstić information content (AvgIpc) is 2.07. The maximum atomic E-state index is 6.75. The summed E-state index contributed by atoms with van der Waals surface area (Å²) in [4.78, 5) is 3.58. The molecule has 4 nitrogen and oxygen atoms in total. The second-order valence-corrected chi connectivity index (χ2v) is 2.32. The molecule has 0 saturated carbocycles. The van der Waals surface area contributed by atoms with Gasteiger partial charge in [-0.15, -0.1) is 0 Å². The summed E-state index contributed by atoms with van der Waals surface area (Å²) < 4.78 is 0. The van der Waals surface area contributed by atoms with Crippen LogP contribution in [0.5, 0.6) is 0 Å². The molecule has 0 amide bonds. The first-order valence-corrected chi connectivity index (χ1v) is 3.43. The summed E-state index contributed by atoms with van der Waals surface area (Å²) in [6.45, 7) is 0. The van der Waals surface area contributed by atoms with Gasteiger partial charge in [0, 0.05) is 19.8 Å². The third-order valence-corrected chi connectivity index (χ3v) is 1.27. The summed E-state index contributed by atoms with van der Waals surface area (Å²) in [5.74, 6) is 0. The number of hydrogen-bond acceptors (Lipinski definition) is 1. The van der Waals surface area contributed by atoms with Gasteiger partial charge in [-0.05, 0) is 12.1 Å². The van der Waals surface area contributed by atoms with Gasteiger partial charge < -0.3 is 16.0 Å². The molecule has 0 unspecified atom stereocenters. The van der Waals surface area contributed by atoms with Crippen molar-refractivity contribution in [2.45, 2.75) is 0 Å². The van der Waals surface area contributed by atoms with Crippen LogP contribution in [0.3, 0.4) is 0 Å². The zero-order valence-corrected chi connectivity index (χ0v) is 7.18. The van der Waals surface area contributed by atoms with Crippen molar-refractivity contribution in [1.29, 1.82) is 0 Å². The largest absolute Gasteiger partial charge is 0.378 e. The molecule has 0 aliphatic heterocycles. The Labute approximate surface area is 71.9 Å². The van der Waals surface area contributed by atoms with E-state index < -0.39 is 0 Å². The van der Waals surface area contributed by atoms with E-state index in [1.54, 1.807) is 0 Å². The lowest BCUT2D eigenvalue weighted by Crippen LogP contribution is -2.07. The predicted octanol–water partition coefficient (Wildman–Crippen LogP) is 2.62. The molecule has 0 aliphatic rings. The van der Waals surface area contributed by atoms with Crippen LogP contribution in [0.4, 0.5) is 5.69 Å². The maximum Gasteiger partial charge on any atom is 0.0360 e. The molecule has 0 aromatic heterocycles. The lowest BCUT2D eigenvalue weighted by Gasteiger charge is -2.10. The minimum Gasteiger partial charge on any atom is -0.378 e. The molecule has 0 N–H and O–H groups in total. The first kappa shape index (κ1) is 10.3. The molecule has 1 rings (SSSR count). The molecule has 0 heterocycles. The van der Waals surface area contributed by atoms with Crippen LogP contribution >= 0.6 is 0 Å². The molecule has 0 radical (unpaired) electrons. The molecule has 0 spiro atoms. The van der Waals surface area contributed by atoms with Crippen LogP contribution in [0, 0.1) is 0 Å². The van der Waals surface area contributed by atoms with Gasteiger partial charge >= 0.3 is 0 Å². The fraction of sp³-hybridized carbons (Fsp3) is 0.250. The molecule has 0 fully saturated rings. The molecular weight excluding hydrogens is 152 g/mol. The maximum absolute atomic E-state index is 6.75. The van der Waals surface area contributed by atoms with Crippen molar-refractivity contribution in [3.8, 4) is 0 Å². The smallest absolute Gasteiger partial charge is 0.0360 e. The number of rotatable bonds is 1. The zero-order valence-electron chi connectivity index (χ0n) is 7.18. The fourth-order valence-corrected chi connectivity index (χ4v) is 0.726. The number of benzene rings is 1. The molecule has 1 aromatic carbocycles. The van der Waals surface area contributed by atoms with Crippen molar-refractivity contribution < 1.29 is 0 Å². The van der Waals surface area contributed by atoms with Crippen molar-refractivity contribution in [3.05, 3.63) is 46.3 Å². The third kappa shape index (κ3) is 4.19. The summed E-state index contributed by atoms with van der Waals surface area (Å²) >= 11 is 0. The molecule has 0 atom stereocenters. The molecule has 0 bridgehead atoms. The van der Waals surface area contributed by atoms with Gasteiger partial charge in [0.1, 0.15) is 0 Å². The van der Waals surface area contributed by atoms with Crippen LogP contribution in [0.1, 0.15) is 0 Å². The molecular formula is C8H11N4-. The van der Waals surface area contributed by atoms with E-state index >= 15 is 0 Å². The van der Waals surface area contributed by atoms with E-state index in [-0.39, 0.29) is 0 Å².